The van der Waals surface area contributed by atoms with Crippen molar-refractivity contribution < 1.29 is 14.0 Å². The Kier molecular flexibility index (Phi) is 6.87. The van der Waals surface area contributed by atoms with Crippen LogP contribution in [-0.2, 0) is 0 Å². The van der Waals surface area contributed by atoms with Gasteiger partial charge in [0.15, 0.2) is 0 Å². The second-order valence-corrected chi connectivity index (χ2v) is 8.39. The minimum Gasteiger partial charge on any atom is -0.338 e. The molecule has 0 saturated carbocycles. The molecule has 1 aliphatic heterocycles. The summed E-state index contributed by atoms with van der Waals surface area (Å²) in [6.07, 6.45) is 3.81. The Morgan fingerprint density at radius 1 is 1.06 bits per heavy atom. The zero-order chi connectivity index (χ0) is 23.4. The summed E-state index contributed by atoms with van der Waals surface area (Å²) in [6.45, 7) is 5.68. The molecule has 0 unspecified atom stereocenters. The van der Waals surface area contributed by atoms with E-state index in [0.717, 1.165) is 19.3 Å². The molecule has 0 spiro atoms. The van der Waals surface area contributed by atoms with Gasteiger partial charge in [-0.15, -0.1) is 0 Å². The van der Waals surface area contributed by atoms with Crippen LogP contribution in [0.3, 0.4) is 0 Å². The number of benzene rings is 2. The lowest BCUT2D eigenvalue weighted by Gasteiger charge is -2.38. The maximum atomic E-state index is 14.3. The standard InChI is InChI=1S/C26H29FN4O2/c1-3-15-30(21-13-16-29(17-14-21)25(32)20-9-5-4-6-10-20)26(33)22-18-28-31(19(22)2)24-12-8-7-11-23(24)27/h4-12,18,21H,3,13-17H2,1-2H3. The maximum absolute atomic E-state index is 14.3. The summed E-state index contributed by atoms with van der Waals surface area (Å²) in [4.78, 5) is 30.1. The molecule has 1 aliphatic rings. The first-order chi connectivity index (χ1) is 16.0. The average Bonchev–Trinajstić information content (AvgIpc) is 3.23. The van der Waals surface area contributed by atoms with E-state index in [1.165, 1.54) is 16.9 Å². The lowest BCUT2D eigenvalue weighted by Crippen LogP contribution is -2.49. The van der Waals surface area contributed by atoms with Crippen molar-refractivity contribution in [3.63, 3.8) is 0 Å². The summed E-state index contributed by atoms with van der Waals surface area (Å²) in [5, 5.41) is 4.30. The van der Waals surface area contributed by atoms with E-state index in [2.05, 4.69) is 5.10 Å². The van der Waals surface area contributed by atoms with E-state index < -0.39 is 0 Å². The first kappa shape index (κ1) is 22.7. The number of halogens is 1. The van der Waals surface area contributed by atoms with Gasteiger partial charge >= 0.3 is 0 Å². The van der Waals surface area contributed by atoms with E-state index in [4.69, 9.17) is 0 Å². The number of nitrogens with zero attached hydrogens (tertiary/aromatic N) is 4. The summed E-state index contributed by atoms with van der Waals surface area (Å²) in [5.74, 6) is -0.447. The minimum atomic E-state index is -0.386. The largest absolute Gasteiger partial charge is 0.338 e. The summed E-state index contributed by atoms with van der Waals surface area (Å²) >= 11 is 0. The predicted molar refractivity (Wildman–Crippen MR) is 125 cm³/mol. The van der Waals surface area contributed by atoms with Crippen molar-refractivity contribution in [3.05, 3.63) is 83.4 Å². The van der Waals surface area contributed by atoms with Gasteiger partial charge < -0.3 is 9.80 Å². The van der Waals surface area contributed by atoms with Gasteiger partial charge in [-0.2, -0.15) is 5.10 Å². The lowest BCUT2D eigenvalue weighted by atomic mass is 10.0. The number of para-hydroxylation sites is 1. The van der Waals surface area contributed by atoms with Crippen LogP contribution in [-0.4, -0.2) is 57.1 Å². The number of rotatable bonds is 6. The van der Waals surface area contributed by atoms with Gasteiger partial charge in [-0.1, -0.05) is 37.3 Å². The Bertz CT molecular complexity index is 1120. The van der Waals surface area contributed by atoms with Crippen molar-refractivity contribution in [1.29, 1.82) is 0 Å². The van der Waals surface area contributed by atoms with Gasteiger partial charge in [0.1, 0.15) is 11.5 Å². The third-order valence-corrected chi connectivity index (χ3v) is 6.26. The molecule has 172 valence electrons. The van der Waals surface area contributed by atoms with Crippen LogP contribution in [0, 0.1) is 12.7 Å². The number of hydrogen-bond donors (Lipinski definition) is 0. The van der Waals surface area contributed by atoms with Gasteiger partial charge in [0.05, 0.1) is 17.5 Å². The number of likely N-dealkylation sites (tertiary alicyclic amines) is 1. The smallest absolute Gasteiger partial charge is 0.257 e. The summed E-state index contributed by atoms with van der Waals surface area (Å²) in [6, 6.07) is 15.7. The van der Waals surface area contributed by atoms with Crippen molar-refractivity contribution >= 4 is 11.8 Å². The number of carbonyl (C=O) groups excluding carboxylic acids is 2. The highest BCUT2D eigenvalue weighted by molar-refractivity contribution is 5.96. The molecule has 0 bridgehead atoms. The van der Waals surface area contributed by atoms with E-state index in [0.29, 0.717) is 42.1 Å². The highest BCUT2D eigenvalue weighted by Gasteiger charge is 2.31. The van der Waals surface area contributed by atoms with Crippen molar-refractivity contribution in [2.45, 2.75) is 39.2 Å². The molecule has 0 radical (unpaired) electrons. The second-order valence-electron chi connectivity index (χ2n) is 8.39. The van der Waals surface area contributed by atoms with Crippen LogP contribution in [0.25, 0.3) is 5.69 Å². The highest BCUT2D eigenvalue weighted by Crippen LogP contribution is 2.23. The zero-order valence-corrected chi connectivity index (χ0v) is 19.1. The van der Waals surface area contributed by atoms with E-state index in [1.807, 2.05) is 47.1 Å². The first-order valence-electron chi connectivity index (χ1n) is 11.5. The Labute approximate surface area is 193 Å². The number of piperidine rings is 1. The summed E-state index contributed by atoms with van der Waals surface area (Å²) in [5.41, 5.74) is 2.11. The van der Waals surface area contributed by atoms with Crippen molar-refractivity contribution in [1.82, 2.24) is 19.6 Å². The molecule has 7 heteroatoms. The molecule has 1 fully saturated rings. The molecule has 33 heavy (non-hydrogen) atoms. The van der Waals surface area contributed by atoms with Gasteiger partial charge in [0, 0.05) is 31.2 Å². The Morgan fingerprint density at radius 3 is 2.39 bits per heavy atom. The molecule has 1 aromatic heterocycles. The molecular formula is C26H29FN4O2. The van der Waals surface area contributed by atoms with Gasteiger partial charge in [-0.05, 0) is 50.5 Å². The fraction of sp³-hybridized carbons (Fsp3) is 0.346. The number of hydrogen-bond acceptors (Lipinski definition) is 3. The summed E-state index contributed by atoms with van der Waals surface area (Å²) < 4.78 is 15.8. The molecule has 0 aliphatic carbocycles. The SMILES string of the molecule is CCCN(C(=O)c1cnn(-c2ccccc2F)c1C)C1CCN(C(=O)c2ccccc2)CC1. The van der Waals surface area contributed by atoms with Crippen LogP contribution in [0.5, 0.6) is 0 Å². The van der Waals surface area contributed by atoms with E-state index in [9.17, 15) is 14.0 Å². The molecule has 4 rings (SSSR count). The highest BCUT2D eigenvalue weighted by atomic mass is 19.1. The number of amides is 2. The van der Waals surface area contributed by atoms with E-state index in [1.54, 1.807) is 25.1 Å². The fourth-order valence-corrected chi connectivity index (χ4v) is 4.48. The topological polar surface area (TPSA) is 58.4 Å². The molecule has 2 heterocycles. The second kappa shape index (κ2) is 9.98. The number of aromatic nitrogens is 2. The molecule has 1 saturated heterocycles. The molecule has 2 amide bonds. The van der Waals surface area contributed by atoms with Gasteiger partial charge in [-0.25, -0.2) is 9.07 Å². The van der Waals surface area contributed by atoms with Crippen LogP contribution in [0.1, 0.15) is 52.6 Å². The van der Waals surface area contributed by atoms with Gasteiger partial charge in [-0.3, -0.25) is 9.59 Å². The third-order valence-electron chi connectivity index (χ3n) is 6.26. The van der Waals surface area contributed by atoms with Crippen LogP contribution < -0.4 is 0 Å². The first-order valence-corrected chi connectivity index (χ1v) is 11.5. The zero-order valence-electron chi connectivity index (χ0n) is 19.1. The van der Waals surface area contributed by atoms with Crippen LogP contribution >= 0.6 is 0 Å². The van der Waals surface area contributed by atoms with Crippen molar-refractivity contribution in [2.75, 3.05) is 19.6 Å². The maximum Gasteiger partial charge on any atom is 0.257 e. The van der Waals surface area contributed by atoms with Crippen molar-refractivity contribution in [2.24, 2.45) is 0 Å². The molecule has 2 aromatic carbocycles. The third kappa shape index (κ3) is 4.67. The van der Waals surface area contributed by atoms with Crippen LogP contribution in [0.15, 0.2) is 60.8 Å². The fourth-order valence-electron chi connectivity index (χ4n) is 4.48. The molecule has 3 aromatic rings. The Hall–Kier alpha value is -3.48. The Balaban J connectivity index is 1.49. The summed E-state index contributed by atoms with van der Waals surface area (Å²) in [7, 11) is 0. The predicted octanol–water partition coefficient (Wildman–Crippen LogP) is 4.48. The normalized spacial score (nSPS) is 14.3. The van der Waals surface area contributed by atoms with E-state index >= 15 is 0 Å². The Morgan fingerprint density at radius 2 is 1.73 bits per heavy atom. The quantitative estimate of drug-likeness (QED) is 0.559. The molecular weight excluding hydrogens is 419 g/mol. The molecule has 0 N–H and O–H groups in total. The number of carbonyl (C=O) groups is 2. The minimum absolute atomic E-state index is 0.0319. The molecule has 6 nitrogen and oxygen atoms in total. The monoisotopic (exact) mass is 448 g/mol. The van der Waals surface area contributed by atoms with Gasteiger partial charge in [0.2, 0.25) is 0 Å². The van der Waals surface area contributed by atoms with Crippen LogP contribution in [0.4, 0.5) is 4.39 Å². The van der Waals surface area contributed by atoms with Gasteiger partial charge in [0.25, 0.3) is 11.8 Å². The lowest BCUT2D eigenvalue weighted by molar-refractivity contribution is 0.0519. The molecule has 0 atom stereocenters. The van der Waals surface area contributed by atoms with Crippen LogP contribution in [0.2, 0.25) is 0 Å². The van der Waals surface area contributed by atoms with E-state index in [-0.39, 0.29) is 23.7 Å². The van der Waals surface area contributed by atoms with Crippen molar-refractivity contribution in [3.8, 4) is 5.69 Å². The average molecular weight is 449 g/mol.